The number of aromatic nitrogens is 2. The predicted octanol–water partition coefficient (Wildman–Crippen LogP) is 1.90. The van der Waals surface area contributed by atoms with E-state index in [0.29, 0.717) is 18.0 Å². The second kappa shape index (κ2) is 8.14. The van der Waals surface area contributed by atoms with Crippen LogP contribution in [0.25, 0.3) is 0 Å². The first-order valence-electron chi connectivity index (χ1n) is 7.09. The Balaban J connectivity index is 1.95. The molecule has 0 unspecified atom stereocenters. The predicted molar refractivity (Wildman–Crippen MR) is 85.2 cm³/mol. The van der Waals surface area contributed by atoms with Gasteiger partial charge < -0.3 is 20.5 Å². The number of nitrogens with zero attached hydrogens (tertiary/aromatic N) is 3. The van der Waals surface area contributed by atoms with Crippen molar-refractivity contribution in [3.8, 4) is 11.5 Å². The van der Waals surface area contributed by atoms with Gasteiger partial charge >= 0.3 is 6.55 Å². The van der Waals surface area contributed by atoms with Crippen LogP contribution >= 0.6 is 0 Å². The van der Waals surface area contributed by atoms with Crippen LogP contribution in [0.2, 0.25) is 0 Å². The van der Waals surface area contributed by atoms with E-state index in [1.54, 1.807) is 26.4 Å². The average Bonchev–Trinajstić information content (AvgIpc) is 3.06. The molecule has 0 aliphatic carbocycles. The molecule has 0 aliphatic heterocycles. The van der Waals surface area contributed by atoms with E-state index < -0.39 is 6.55 Å². The van der Waals surface area contributed by atoms with E-state index in [1.165, 1.54) is 12.4 Å². The van der Waals surface area contributed by atoms with Crippen molar-refractivity contribution in [2.24, 2.45) is 10.7 Å². The Morgan fingerprint density at radius 3 is 2.75 bits per heavy atom. The summed E-state index contributed by atoms with van der Waals surface area (Å²) in [4.78, 5) is 8.01. The number of benzene rings is 1. The van der Waals surface area contributed by atoms with E-state index in [0.717, 1.165) is 10.1 Å². The molecule has 0 radical (unpaired) electrons. The first kappa shape index (κ1) is 17.5. The number of hydrogen-bond donors (Lipinski definition) is 2. The standard InChI is InChI=1S/C15H19F2N5O2/c1-23-11-4-3-10(7-12(11)24-2)8-20-15(18)21-9-13-19-5-6-22(13)14(16)17/h3-7,14H,8-9H2,1-2H3,(H3,18,20,21). The zero-order valence-corrected chi connectivity index (χ0v) is 13.4. The average molecular weight is 339 g/mol. The van der Waals surface area contributed by atoms with Gasteiger partial charge in [0.1, 0.15) is 5.82 Å². The molecular formula is C15H19F2N5O2. The van der Waals surface area contributed by atoms with Gasteiger partial charge in [0.05, 0.1) is 27.3 Å². The second-order valence-corrected chi connectivity index (χ2v) is 4.77. The number of nitrogens with one attached hydrogen (secondary N) is 1. The van der Waals surface area contributed by atoms with Crippen LogP contribution in [0.5, 0.6) is 11.5 Å². The van der Waals surface area contributed by atoms with Crippen molar-refractivity contribution in [3.63, 3.8) is 0 Å². The minimum atomic E-state index is -2.64. The van der Waals surface area contributed by atoms with Crippen molar-refractivity contribution in [2.45, 2.75) is 19.6 Å². The number of halogens is 2. The zero-order valence-electron chi connectivity index (χ0n) is 13.4. The first-order chi connectivity index (χ1) is 11.5. The lowest BCUT2D eigenvalue weighted by Crippen LogP contribution is -2.32. The maximum Gasteiger partial charge on any atom is 0.319 e. The number of hydrogen-bond acceptors (Lipinski definition) is 4. The molecule has 0 aliphatic rings. The van der Waals surface area contributed by atoms with Crippen LogP contribution in [0.3, 0.4) is 0 Å². The second-order valence-electron chi connectivity index (χ2n) is 4.77. The highest BCUT2D eigenvalue weighted by Crippen LogP contribution is 2.27. The lowest BCUT2D eigenvalue weighted by Gasteiger charge is -2.10. The number of methoxy groups -OCH3 is 2. The third-order valence-corrected chi connectivity index (χ3v) is 3.27. The van der Waals surface area contributed by atoms with Crippen molar-refractivity contribution < 1.29 is 18.3 Å². The van der Waals surface area contributed by atoms with Gasteiger partial charge in [0.2, 0.25) is 0 Å². The summed E-state index contributed by atoms with van der Waals surface area (Å²) >= 11 is 0. The fourth-order valence-corrected chi connectivity index (χ4v) is 2.04. The molecule has 2 aromatic rings. The number of nitrogens with two attached hydrogens (primary N) is 1. The van der Waals surface area contributed by atoms with Crippen molar-refractivity contribution in [2.75, 3.05) is 14.2 Å². The fraction of sp³-hybridized carbons (Fsp3) is 0.333. The fourth-order valence-electron chi connectivity index (χ4n) is 2.04. The summed E-state index contributed by atoms with van der Waals surface area (Å²) in [6.45, 7) is -2.28. The quantitative estimate of drug-likeness (QED) is 0.594. The maximum absolute atomic E-state index is 12.7. The normalized spacial score (nSPS) is 11.6. The Labute approximate surface area is 138 Å². The third kappa shape index (κ3) is 4.34. The highest BCUT2D eigenvalue weighted by Gasteiger charge is 2.11. The Kier molecular flexibility index (Phi) is 5.94. The van der Waals surface area contributed by atoms with Gasteiger partial charge in [0.25, 0.3) is 0 Å². The highest BCUT2D eigenvalue weighted by atomic mass is 19.3. The Hall–Kier alpha value is -2.84. The van der Waals surface area contributed by atoms with Crippen molar-refractivity contribution in [1.29, 1.82) is 0 Å². The van der Waals surface area contributed by atoms with Gasteiger partial charge in [-0.3, -0.25) is 4.57 Å². The number of ether oxygens (including phenoxy) is 2. The molecule has 0 atom stereocenters. The molecule has 24 heavy (non-hydrogen) atoms. The lowest BCUT2D eigenvalue weighted by molar-refractivity contribution is 0.0668. The molecule has 9 heteroatoms. The largest absolute Gasteiger partial charge is 0.493 e. The van der Waals surface area contributed by atoms with E-state index >= 15 is 0 Å². The van der Waals surface area contributed by atoms with Gasteiger partial charge in [0, 0.05) is 12.4 Å². The molecule has 0 amide bonds. The molecule has 0 saturated carbocycles. The molecule has 0 saturated heterocycles. The van der Waals surface area contributed by atoms with E-state index in [-0.39, 0.29) is 18.3 Å². The van der Waals surface area contributed by atoms with Gasteiger partial charge in [-0.25, -0.2) is 9.98 Å². The van der Waals surface area contributed by atoms with Crippen molar-refractivity contribution in [3.05, 3.63) is 42.0 Å². The Morgan fingerprint density at radius 2 is 2.08 bits per heavy atom. The van der Waals surface area contributed by atoms with Crippen LogP contribution in [-0.4, -0.2) is 29.7 Å². The zero-order chi connectivity index (χ0) is 17.5. The van der Waals surface area contributed by atoms with E-state index in [9.17, 15) is 8.78 Å². The van der Waals surface area contributed by atoms with Gasteiger partial charge in [-0.05, 0) is 17.7 Å². The monoisotopic (exact) mass is 339 g/mol. The van der Waals surface area contributed by atoms with Crippen LogP contribution < -0.4 is 20.5 Å². The summed E-state index contributed by atoms with van der Waals surface area (Å²) in [6, 6.07) is 5.40. The molecule has 130 valence electrons. The number of alkyl halides is 2. The summed E-state index contributed by atoms with van der Waals surface area (Å²) in [6.07, 6.45) is 2.51. The molecule has 0 spiro atoms. The minimum absolute atomic E-state index is 0.0542. The molecule has 0 bridgehead atoms. The van der Waals surface area contributed by atoms with E-state index in [2.05, 4.69) is 15.3 Å². The molecule has 1 aromatic carbocycles. The van der Waals surface area contributed by atoms with Crippen molar-refractivity contribution in [1.82, 2.24) is 14.9 Å². The van der Waals surface area contributed by atoms with Gasteiger partial charge in [0.15, 0.2) is 17.5 Å². The summed E-state index contributed by atoms with van der Waals surface area (Å²) in [5.74, 6) is 1.52. The summed E-state index contributed by atoms with van der Waals surface area (Å²) in [7, 11) is 3.10. The summed E-state index contributed by atoms with van der Waals surface area (Å²) in [5, 5.41) is 2.76. The smallest absolute Gasteiger partial charge is 0.319 e. The molecule has 3 N–H and O–H groups in total. The number of imidazole rings is 1. The molecule has 1 aromatic heterocycles. The highest BCUT2D eigenvalue weighted by molar-refractivity contribution is 5.77. The van der Waals surface area contributed by atoms with Crippen LogP contribution in [0, 0.1) is 0 Å². The number of aliphatic imine (C=N–C) groups is 1. The number of rotatable bonds is 7. The SMILES string of the molecule is COc1ccc(CN=C(N)NCc2nccn2C(F)F)cc1OC. The Bertz CT molecular complexity index is 703. The molecule has 2 rings (SSSR count). The molecule has 0 fully saturated rings. The van der Waals surface area contributed by atoms with Gasteiger partial charge in [-0.15, -0.1) is 0 Å². The Morgan fingerprint density at radius 1 is 1.33 bits per heavy atom. The van der Waals surface area contributed by atoms with Crippen LogP contribution in [-0.2, 0) is 13.1 Å². The summed E-state index contributed by atoms with van der Waals surface area (Å²) in [5.41, 5.74) is 6.62. The van der Waals surface area contributed by atoms with Gasteiger partial charge in [-0.2, -0.15) is 8.78 Å². The van der Waals surface area contributed by atoms with Crippen molar-refractivity contribution >= 4 is 5.96 Å². The molecular weight excluding hydrogens is 320 g/mol. The molecule has 7 nitrogen and oxygen atoms in total. The topological polar surface area (TPSA) is 86.7 Å². The molecule has 1 heterocycles. The minimum Gasteiger partial charge on any atom is -0.493 e. The van der Waals surface area contributed by atoms with Crippen LogP contribution in [0.4, 0.5) is 8.78 Å². The third-order valence-electron chi connectivity index (χ3n) is 3.27. The van der Waals surface area contributed by atoms with Gasteiger partial charge in [-0.1, -0.05) is 6.07 Å². The first-order valence-corrected chi connectivity index (χ1v) is 7.09. The summed E-state index contributed by atoms with van der Waals surface area (Å²) < 4.78 is 36.5. The lowest BCUT2D eigenvalue weighted by atomic mass is 10.2. The number of guanidine groups is 1. The van der Waals surface area contributed by atoms with Crippen LogP contribution in [0.1, 0.15) is 17.9 Å². The maximum atomic E-state index is 12.7. The van der Waals surface area contributed by atoms with Crippen LogP contribution in [0.15, 0.2) is 35.6 Å². The van der Waals surface area contributed by atoms with E-state index in [1.807, 2.05) is 6.07 Å². The van der Waals surface area contributed by atoms with E-state index in [4.69, 9.17) is 15.2 Å².